The number of benzene rings is 2. The molecule has 2 aromatic rings. The van der Waals surface area contributed by atoms with E-state index in [2.05, 4.69) is 16.7 Å². The van der Waals surface area contributed by atoms with Crippen molar-refractivity contribution < 1.29 is 18.3 Å². The van der Waals surface area contributed by atoms with Crippen LogP contribution in [0.2, 0.25) is 0 Å². The molecule has 1 fully saturated rings. The molecule has 5 nitrogen and oxygen atoms in total. The number of sulfone groups is 1. The van der Waals surface area contributed by atoms with Crippen molar-refractivity contribution in [1.82, 2.24) is 0 Å². The van der Waals surface area contributed by atoms with Crippen molar-refractivity contribution in [3.8, 4) is 11.8 Å². The first-order valence-electron chi connectivity index (χ1n) is 11.1. The van der Waals surface area contributed by atoms with Gasteiger partial charge in [-0.1, -0.05) is 43.0 Å². The molecular formula is C26H33NO4S. The third kappa shape index (κ3) is 5.53. The molecule has 1 N–H and O–H groups in total. The van der Waals surface area contributed by atoms with Gasteiger partial charge in [0.1, 0.15) is 6.10 Å². The van der Waals surface area contributed by atoms with E-state index in [-0.39, 0.29) is 11.4 Å². The van der Waals surface area contributed by atoms with E-state index in [9.17, 15) is 13.5 Å². The molecule has 0 unspecified atom stereocenters. The SMILES string of the molecule is CC[C@@H](C#Cc1cc(C(C)(C)O)ccc1N1CCC(S(=O)(=O)c2ccccc2)CC1)OC. The summed E-state index contributed by atoms with van der Waals surface area (Å²) in [7, 11) is -1.69. The monoisotopic (exact) mass is 455 g/mol. The number of nitrogens with zero attached hydrogens (tertiary/aromatic N) is 1. The number of hydrogen-bond donors (Lipinski definition) is 1. The molecule has 1 aliphatic rings. The molecule has 0 bridgehead atoms. The average molecular weight is 456 g/mol. The second kappa shape index (κ2) is 10.1. The summed E-state index contributed by atoms with van der Waals surface area (Å²) in [6, 6.07) is 14.5. The standard InChI is InChI=1S/C26H33NO4S/c1-5-22(31-4)13-11-20-19-21(26(2,3)28)12-14-25(20)27-17-15-24(16-18-27)32(29,30)23-9-7-6-8-10-23/h6-10,12,14,19,22,24,28H,5,15-18H2,1-4H3/t22-/m0/s1. The molecule has 6 heteroatoms. The van der Waals surface area contributed by atoms with Crippen molar-refractivity contribution in [2.45, 2.75) is 61.9 Å². The molecule has 1 saturated heterocycles. The number of rotatable bonds is 6. The van der Waals surface area contributed by atoms with E-state index in [1.165, 1.54) is 0 Å². The van der Waals surface area contributed by atoms with Crippen molar-refractivity contribution in [3.05, 3.63) is 59.7 Å². The minimum Gasteiger partial charge on any atom is -0.386 e. The zero-order valence-corrected chi connectivity index (χ0v) is 20.2. The van der Waals surface area contributed by atoms with Crippen LogP contribution >= 0.6 is 0 Å². The molecule has 32 heavy (non-hydrogen) atoms. The Kier molecular flexibility index (Phi) is 7.66. The Balaban J connectivity index is 1.85. The van der Waals surface area contributed by atoms with Gasteiger partial charge in [-0.3, -0.25) is 0 Å². The predicted octanol–water partition coefficient (Wildman–Crippen LogP) is 4.13. The van der Waals surface area contributed by atoms with Crippen LogP contribution in [-0.2, 0) is 20.2 Å². The highest BCUT2D eigenvalue weighted by atomic mass is 32.2. The maximum Gasteiger partial charge on any atom is 0.181 e. The highest BCUT2D eigenvalue weighted by Gasteiger charge is 2.32. The van der Waals surface area contributed by atoms with Crippen molar-refractivity contribution in [3.63, 3.8) is 0 Å². The quantitative estimate of drug-likeness (QED) is 0.664. The Bertz CT molecular complexity index is 1070. The van der Waals surface area contributed by atoms with Crippen LogP contribution in [0.5, 0.6) is 0 Å². The first-order valence-corrected chi connectivity index (χ1v) is 12.7. The van der Waals surface area contributed by atoms with Crippen molar-refractivity contribution >= 4 is 15.5 Å². The van der Waals surface area contributed by atoms with Crippen molar-refractivity contribution in [1.29, 1.82) is 0 Å². The zero-order chi connectivity index (χ0) is 23.4. The summed E-state index contributed by atoms with van der Waals surface area (Å²) in [6.07, 6.45) is 1.75. The topological polar surface area (TPSA) is 66.8 Å². The summed E-state index contributed by atoms with van der Waals surface area (Å²) in [6.45, 7) is 6.80. The van der Waals surface area contributed by atoms with Gasteiger partial charge in [0, 0.05) is 25.8 Å². The minimum absolute atomic E-state index is 0.157. The lowest BCUT2D eigenvalue weighted by molar-refractivity contribution is 0.0786. The second-order valence-electron chi connectivity index (χ2n) is 8.74. The van der Waals surface area contributed by atoms with Gasteiger partial charge in [-0.25, -0.2) is 8.42 Å². The van der Waals surface area contributed by atoms with Crippen LogP contribution in [0.25, 0.3) is 0 Å². The summed E-state index contributed by atoms with van der Waals surface area (Å²) in [5, 5.41) is 10.1. The van der Waals surface area contributed by atoms with E-state index in [0.717, 1.165) is 23.2 Å². The Hall–Kier alpha value is -2.33. The molecule has 1 heterocycles. The fourth-order valence-electron chi connectivity index (χ4n) is 3.99. The molecule has 0 aliphatic carbocycles. The van der Waals surface area contributed by atoms with Gasteiger partial charge < -0.3 is 14.7 Å². The summed E-state index contributed by atoms with van der Waals surface area (Å²) in [4.78, 5) is 2.59. The fourth-order valence-corrected chi connectivity index (χ4v) is 5.74. The van der Waals surface area contributed by atoms with Gasteiger partial charge in [-0.2, -0.15) is 0 Å². The number of anilines is 1. The molecule has 0 aromatic heterocycles. The van der Waals surface area contributed by atoms with Gasteiger partial charge in [-0.15, -0.1) is 0 Å². The van der Waals surface area contributed by atoms with Gasteiger partial charge in [0.15, 0.2) is 9.84 Å². The smallest absolute Gasteiger partial charge is 0.181 e. The number of ether oxygens (including phenoxy) is 1. The first-order chi connectivity index (χ1) is 15.2. The normalized spacial score (nSPS) is 16.3. The van der Waals surface area contributed by atoms with Crippen LogP contribution < -0.4 is 4.90 Å². The molecule has 0 radical (unpaired) electrons. The molecule has 1 atom stereocenters. The molecular weight excluding hydrogens is 422 g/mol. The van der Waals surface area contributed by atoms with Gasteiger partial charge in [0.25, 0.3) is 0 Å². The Morgan fingerprint density at radius 1 is 1.16 bits per heavy atom. The number of piperidine rings is 1. The number of methoxy groups -OCH3 is 1. The third-order valence-electron chi connectivity index (χ3n) is 6.02. The van der Waals surface area contributed by atoms with Crippen LogP contribution in [0.1, 0.15) is 51.2 Å². The highest BCUT2D eigenvalue weighted by molar-refractivity contribution is 7.92. The van der Waals surface area contributed by atoms with Gasteiger partial charge in [0.2, 0.25) is 0 Å². The highest BCUT2D eigenvalue weighted by Crippen LogP contribution is 2.31. The summed E-state index contributed by atoms with van der Waals surface area (Å²) in [5.41, 5.74) is 1.60. The summed E-state index contributed by atoms with van der Waals surface area (Å²) in [5.74, 6) is 6.42. The van der Waals surface area contributed by atoms with E-state index in [1.807, 2.05) is 31.2 Å². The molecule has 3 rings (SSSR count). The van der Waals surface area contributed by atoms with E-state index in [1.54, 1.807) is 45.2 Å². The van der Waals surface area contributed by atoms with Gasteiger partial charge >= 0.3 is 0 Å². The predicted molar refractivity (Wildman–Crippen MR) is 129 cm³/mol. The van der Waals surface area contributed by atoms with Crippen LogP contribution in [0.4, 0.5) is 5.69 Å². The minimum atomic E-state index is -3.34. The average Bonchev–Trinajstić information content (AvgIpc) is 2.79. The number of hydrogen-bond acceptors (Lipinski definition) is 5. The Morgan fingerprint density at radius 2 is 1.81 bits per heavy atom. The van der Waals surface area contributed by atoms with E-state index in [4.69, 9.17) is 4.74 Å². The molecule has 0 saturated carbocycles. The van der Waals surface area contributed by atoms with Crippen LogP contribution in [0, 0.1) is 11.8 Å². The lowest BCUT2D eigenvalue weighted by atomic mass is 9.95. The second-order valence-corrected chi connectivity index (χ2v) is 11.0. The van der Waals surface area contributed by atoms with E-state index >= 15 is 0 Å². The largest absolute Gasteiger partial charge is 0.386 e. The van der Waals surface area contributed by atoms with E-state index < -0.39 is 15.4 Å². The fraction of sp³-hybridized carbons (Fsp3) is 0.462. The van der Waals surface area contributed by atoms with Crippen molar-refractivity contribution in [2.75, 3.05) is 25.1 Å². The lowest BCUT2D eigenvalue weighted by Gasteiger charge is -2.34. The zero-order valence-electron chi connectivity index (χ0n) is 19.3. The molecule has 2 aromatic carbocycles. The Labute approximate surface area is 192 Å². The first kappa shape index (κ1) is 24.3. The third-order valence-corrected chi connectivity index (χ3v) is 8.30. The van der Waals surface area contributed by atoms with Gasteiger partial charge in [0.05, 0.1) is 21.4 Å². The molecule has 0 spiro atoms. The van der Waals surface area contributed by atoms with Crippen molar-refractivity contribution in [2.24, 2.45) is 0 Å². The Morgan fingerprint density at radius 3 is 2.38 bits per heavy atom. The maximum atomic E-state index is 13.0. The van der Waals surface area contributed by atoms with Gasteiger partial charge in [-0.05, 0) is 62.9 Å². The summed E-state index contributed by atoms with van der Waals surface area (Å²) >= 11 is 0. The lowest BCUT2D eigenvalue weighted by Crippen LogP contribution is -2.39. The number of aliphatic hydroxyl groups is 1. The molecule has 172 valence electrons. The van der Waals surface area contributed by atoms with Crippen LogP contribution in [-0.4, -0.2) is 45.1 Å². The van der Waals surface area contributed by atoms with Crippen LogP contribution in [0.3, 0.4) is 0 Å². The summed E-state index contributed by atoms with van der Waals surface area (Å²) < 4.78 is 31.4. The van der Waals surface area contributed by atoms with Crippen LogP contribution in [0.15, 0.2) is 53.4 Å². The molecule has 1 aliphatic heterocycles. The molecule has 0 amide bonds. The maximum absolute atomic E-state index is 13.0. The van der Waals surface area contributed by atoms with E-state index in [0.29, 0.717) is 30.8 Å².